The molecule has 1 aromatic rings. The molecule has 0 atom stereocenters. The van der Waals surface area contributed by atoms with Gasteiger partial charge in [-0.15, -0.1) is 0 Å². The van der Waals surface area contributed by atoms with Gasteiger partial charge in [0.05, 0.1) is 6.20 Å². The molecule has 3 nitrogen and oxygen atoms in total. The summed E-state index contributed by atoms with van der Waals surface area (Å²) >= 11 is 0. The van der Waals surface area contributed by atoms with Crippen LogP contribution in [0.5, 0.6) is 0 Å². The van der Waals surface area contributed by atoms with Crippen LogP contribution in [0.4, 0.5) is 0 Å². The largest absolute Gasteiger partial charge is 0.440 e. The SMILES string of the molecule is CCCc1ncc(C2=NC=C[B]2)o1. The van der Waals surface area contributed by atoms with Crippen molar-refractivity contribution in [2.45, 2.75) is 19.8 Å². The first kappa shape index (κ1) is 8.29. The summed E-state index contributed by atoms with van der Waals surface area (Å²) in [5.74, 6) is 3.44. The van der Waals surface area contributed by atoms with Crippen molar-refractivity contribution in [2.75, 3.05) is 0 Å². The van der Waals surface area contributed by atoms with Crippen molar-refractivity contribution in [3.8, 4) is 0 Å². The van der Waals surface area contributed by atoms with Gasteiger partial charge in [-0.3, -0.25) is 4.99 Å². The fraction of sp³-hybridized carbons (Fsp3) is 0.333. The van der Waals surface area contributed by atoms with Crippen molar-refractivity contribution in [2.24, 2.45) is 4.99 Å². The Bertz CT molecular complexity index is 354. The minimum Gasteiger partial charge on any atom is -0.440 e. The minimum atomic E-state index is 0.758. The van der Waals surface area contributed by atoms with Gasteiger partial charge in [-0.2, -0.15) is 0 Å². The van der Waals surface area contributed by atoms with Gasteiger partial charge in [0.15, 0.2) is 11.7 Å². The van der Waals surface area contributed by atoms with Crippen LogP contribution in [-0.2, 0) is 6.42 Å². The third-order valence-corrected chi connectivity index (χ3v) is 1.82. The average molecular weight is 173 g/mol. The number of aryl methyl sites for hydroxylation is 1. The maximum absolute atomic E-state index is 5.49. The maximum Gasteiger partial charge on any atom is 0.214 e. The third kappa shape index (κ3) is 1.71. The van der Waals surface area contributed by atoms with E-state index in [0.717, 1.165) is 30.1 Å². The number of aromatic nitrogens is 1. The summed E-state index contributed by atoms with van der Waals surface area (Å²) in [5, 5.41) is 0. The second-order valence-electron chi connectivity index (χ2n) is 2.89. The van der Waals surface area contributed by atoms with Crippen LogP contribution in [0.2, 0.25) is 0 Å². The van der Waals surface area contributed by atoms with Gasteiger partial charge in [0.2, 0.25) is 7.28 Å². The van der Waals surface area contributed by atoms with Crippen molar-refractivity contribution in [1.82, 2.24) is 4.98 Å². The highest BCUT2D eigenvalue weighted by molar-refractivity contribution is 6.83. The summed E-state index contributed by atoms with van der Waals surface area (Å²) in [5.41, 5.74) is 0.856. The van der Waals surface area contributed by atoms with Crippen LogP contribution in [0.15, 0.2) is 27.8 Å². The molecule has 1 aliphatic heterocycles. The lowest BCUT2D eigenvalue weighted by Gasteiger charge is -1.91. The predicted molar refractivity (Wildman–Crippen MR) is 51.9 cm³/mol. The van der Waals surface area contributed by atoms with E-state index in [2.05, 4.69) is 16.9 Å². The second-order valence-corrected chi connectivity index (χ2v) is 2.89. The first-order valence-electron chi connectivity index (χ1n) is 4.43. The highest BCUT2D eigenvalue weighted by Gasteiger charge is 2.11. The zero-order chi connectivity index (χ0) is 9.10. The molecule has 0 amide bonds. The number of aliphatic imine (C=N–C) groups is 1. The Hall–Kier alpha value is -1.32. The van der Waals surface area contributed by atoms with E-state index in [1.165, 1.54) is 0 Å². The van der Waals surface area contributed by atoms with Crippen LogP contribution in [0.3, 0.4) is 0 Å². The third-order valence-electron chi connectivity index (χ3n) is 1.82. The molecule has 2 heterocycles. The van der Waals surface area contributed by atoms with Gasteiger partial charge in [-0.05, 0) is 6.42 Å². The van der Waals surface area contributed by atoms with E-state index in [1.54, 1.807) is 12.4 Å². The molecule has 0 saturated heterocycles. The molecule has 0 aromatic carbocycles. The average Bonchev–Trinajstić information content (AvgIpc) is 2.70. The van der Waals surface area contributed by atoms with Crippen LogP contribution in [-0.4, -0.2) is 17.9 Å². The summed E-state index contributed by atoms with van der Waals surface area (Å²) in [4.78, 5) is 8.28. The Morgan fingerprint density at radius 3 is 3.15 bits per heavy atom. The Kier molecular flexibility index (Phi) is 2.30. The number of hydrogen-bond acceptors (Lipinski definition) is 3. The van der Waals surface area contributed by atoms with Gasteiger partial charge in [0.1, 0.15) is 0 Å². The molecule has 0 fully saturated rings. The predicted octanol–water partition coefficient (Wildman–Crippen LogP) is 1.56. The summed E-state index contributed by atoms with van der Waals surface area (Å²) in [6.45, 7) is 2.10. The van der Waals surface area contributed by atoms with Crippen LogP contribution < -0.4 is 0 Å². The van der Waals surface area contributed by atoms with E-state index < -0.39 is 0 Å². The first-order chi connectivity index (χ1) is 6.40. The normalized spacial score (nSPS) is 14.4. The smallest absolute Gasteiger partial charge is 0.214 e. The molecular formula is C9H10BN2O. The van der Waals surface area contributed by atoms with E-state index in [4.69, 9.17) is 4.42 Å². The molecule has 0 aliphatic carbocycles. The second kappa shape index (κ2) is 3.60. The molecule has 0 spiro atoms. The maximum atomic E-state index is 5.49. The minimum absolute atomic E-state index is 0.758. The molecular weight excluding hydrogens is 163 g/mol. The van der Waals surface area contributed by atoms with E-state index in [-0.39, 0.29) is 0 Å². The molecule has 1 aliphatic rings. The summed E-state index contributed by atoms with van der Waals surface area (Å²) in [6.07, 6.45) is 5.42. The Morgan fingerprint density at radius 2 is 2.46 bits per heavy atom. The van der Waals surface area contributed by atoms with Gasteiger partial charge < -0.3 is 4.42 Å². The summed E-state index contributed by atoms with van der Waals surface area (Å²) in [6, 6.07) is 0. The zero-order valence-electron chi connectivity index (χ0n) is 7.53. The molecule has 0 saturated carbocycles. The fourth-order valence-electron chi connectivity index (χ4n) is 1.20. The molecule has 65 valence electrons. The molecule has 0 bridgehead atoms. The standard InChI is InChI=1S/C9H10BN2O/c1-2-3-8-12-6-7(13-8)9-10-4-5-11-9/h4-6H,2-3H2,1H3. The lowest BCUT2D eigenvalue weighted by Crippen LogP contribution is -2.03. The van der Waals surface area contributed by atoms with Crippen molar-refractivity contribution in [3.63, 3.8) is 0 Å². The van der Waals surface area contributed by atoms with Gasteiger partial charge in [-0.1, -0.05) is 12.9 Å². The van der Waals surface area contributed by atoms with Crippen LogP contribution in [0, 0.1) is 0 Å². The Labute approximate surface area is 77.8 Å². The van der Waals surface area contributed by atoms with Gasteiger partial charge in [-0.25, -0.2) is 4.98 Å². The molecule has 4 heteroatoms. The lowest BCUT2D eigenvalue weighted by molar-refractivity contribution is 0.486. The molecule has 0 N–H and O–H groups in total. The molecule has 2 rings (SSSR count). The fourth-order valence-corrected chi connectivity index (χ4v) is 1.20. The quantitative estimate of drug-likeness (QED) is 0.650. The van der Waals surface area contributed by atoms with E-state index in [1.807, 2.05) is 13.3 Å². The Morgan fingerprint density at radius 1 is 1.54 bits per heavy atom. The molecule has 0 unspecified atom stereocenters. The molecule has 1 radical (unpaired) electrons. The highest BCUT2D eigenvalue weighted by Crippen LogP contribution is 2.09. The van der Waals surface area contributed by atoms with Gasteiger partial charge >= 0.3 is 0 Å². The van der Waals surface area contributed by atoms with Crippen molar-refractivity contribution >= 4 is 12.9 Å². The summed E-state index contributed by atoms with van der Waals surface area (Å²) in [7, 11) is 1.91. The van der Waals surface area contributed by atoms with E-state index >= 15 is 0 Å². The molecule has 1 aromatic heterocycles. The highest BCUT2D eigenvalue weighted by atomic mass is 16.4. The number of rotatable bonds is 3. The molecule has 13 heavy (non-hydrogen) atoms. The number of hydrogen-bond donors (Lipinski definition) is 0. The monoisotopic (exact) mass is 173 g/mol. The topological polar surface area (TPSA) is 38.4 Å². The lowest BCUT2D eigenvalue weighted by atomic mass is 9.73. The number of nitrogens with zero attached hydrogens (tertiary/aromatic N) is 2. The zero-order valence-corrected chi connectivity index (χ0v) is 7.53. The first-order valence-corrected chi connectivity index (χ1v) is 4.43. The van der Waals surface area contributed by atoms with Gasteiger partial charge in [0, 0.05) is 18.2 Å². The summed E-state index contributed by atoms with van der Waals surface area (Å²) < 4.78 is 5.49. The van der Waals surface area contributed by atoms with E-state index in [9.17, 15) is 0 Å². The van der Waals surface area contributed by atoms with Crippen molar-refractivity contribution in [3.05, 3.63) is 30.0 Å². The van der Waals surface area contributed by atoms with Crippen LogP contribution >= 0.6 is 0 Å². The van der Waals surface area contributed by atoms with Crippen molar-refractivity contribution in [1.29, 1.82) is 0 Å². The van der Waals surface area contributed by atoms with E-state index in [0.29, 0.717) is 0 Å². The number of oxazole rings is 1. The van der Waals surface area contributed by atoms with Crippen LogP contribution in [0.1, 0.15) is 25.0 Å². The van der Waals surface area contributed by atoms with Gasteiger partial charge in [0.25, 0.3) is 0 Å². The van der Waals surface area contributed by atoms with Crippen molar-refractivity contribution < 1.29 is 4.42 Å². The Balaban J connectivity index is 2.13. The van der Waals surface area contributed by atoms with Crippen LogP contribution in [0.25, 0.3) is 0 Å².